The number of ether oxygens (including phenoxy) is 2. The lowest BCUT2D eigenvalue weighted by Gasteiger charge is -2.25. The maximum absolute atomic E-state index is 12.7. The predicted octanol–water partition coefficient (Wildman–Crippen LogP) is 1.41. The third-order valence-corrected chi connectivity index (χ3v) is 4.82. The molecule has 0 bridgehead atoms. The van der Waals surface area contributed by atoms with Crippen molar-refractivity contribution >= 4 is 11.7 Å². The normalized spacial score (nSPS) is 22.7. The van der Waals surface area contributed by atoms with E-state index in [1.165, 1.54) is 0 Å². The molecule has 0 saturated carbocycles. The summed E-state index contributed by atoms with van der Waals surface area (Å²) in [5, 5.41) is 8.38. The van der Waals surface area contributed by atoms with Crippen molar-refractivity contribution in [2.45, 2.75) is 45.3 Å². The van der Waals surface area contributed by atoms with Gasteiger partial charge < -0.3 is 19.3 Å². The number of hydrogen-bond acceptors (Lipinski definition) is 6. The van der Waals surface area contributed by atoms with E-state index in [9.17, 15) is 4.79 Å². The number of carbonyl (C=O) groups is 1. The fourth-order valence-electron chi connectivity index (χ4n) is 3.28. The summed E-state index contributed by atoms with van der Waals surface area (Å²) in [5.41, 5.74) is 0.910. The van der Waals surface area contributed by atoms with Crippen molar-refractivity contribution in [1.82, 2.24) is 15.1 Å². The monoisotopic (exact) mass is 348 g/mol. The zero-order valence-corrected chi connectivity index (χ0v) is 15.2. The van der Waals surface area contributed by atoms with E-state index >= 15 is 0 Å². The van der Waals surface area contributed by atoms with Crippen molar-refractivity contribution in [2.24, 2.45) is 0 Å². The summed E-state index contributed by atoms with van der Waals surface area (Å²) in [6, 6.07) is 3.96. The Bertz CT molecular complexity index is 560. The van der Waals surface area contributed by atoms with Gasteiger partial charge in [0.15, 0.2) is 5.82 Å². The molecule has 2 aliphatic heterocycles. The summed E-state index contributed by atoms with van der Waals surface area (Å²) < 4.78 is 11.3. The van der Waals surface area contributed by atoms with Crippen molar-refractivity contribution in [3.63, 3.8) is 0 Å². The van der Waals surface area contributed by atoms with Crippen LogP contribution in [0, 0.1) is 6.92 Å². The highest BCUT2D eigenvalue weighted by Gasteiger charge is 2.26. The Morgan fingerprint density at radius 2 is 2.16 bits per heavy atom. The van der Waals surface area contributed by atoms with Crippen LogP contribution < -0.4 is 4.90 Å². The van der Waals surface area contributed by atoms with E-state index in [1.54, 1.807) is 0 Å². The van der Waals surface area contributed by atoms with Crippen LogP contribution in [0.3, 0.4) is 0 Å². The highest BCUT2D eigenvalue weighted by atomic mass is 16.5. The lowest BCUT2D eigenvalue weighted by atomic mass is 10.2. The molecule has 2 atom stereocenters. The number of aromatic nitrogens is 2. The van der Waals surface area contributed by atoms with Gasteiger partial charge in [-0.15, -0.1) is 5.10 Å². The fourth-order valence-corrected chi connectivity index (χ4v) is 3.28. The van der Waals surface area contributed by atoms with Crippen molar-refractivity contribution in [3.05, 3.63) is 17.8 Å². The number of anilines is 1. The van der Waals surface area contributed by atoms with Crippen LogP contribution in [0.4, 0.5) is 5.82 Å². The van der Waals surface area contributed by atoms with Crippen molar-refractivity contribution in [3.8, 4) is 0 Å². The average Bonchev–Trinajstić information content (AvgIpc) is 3.03. The average molecular weight is 348 g/mol. The predicted molar refractivity (Wildman–Crippen MR) is 94.6 cm³/mol. The molecule has 0 spiro atoms. The van der Waals surface area contributed by atoms with E-state index in [0.717, 1.165) is 57.0 Å². The van der Waals surface area contributed by atoms with Crippen LogP contribution in [0.1, 0.15) is 31.9 Å². The Morgan fingerprint density at radius 1 is 1.28 bits per heavy atom. The van der Waals surface area contributed by atoms with Gasteiger partial charge in [-0.05, 0) is 45.2 Å². The highest BCUT2D eigenvalue weighted by Crippen LogP contribution is 2.15. The van der Waals surface area contributed by atoms with Gasteiger partial charge in [0.1, 0.15) is 6.10 Å². The number of rotatable bonds is 5. The van der Waals surface area contributed by atoms with Gasteiger partial charge in [-0.1, -0.05) is 0 Å². The zero-order chi connectivity index (χ0) is 17.6. The first kappa shape index (κ1) is 18.1. The van der Waals surface area contributed by atoms with Gasteiger partial charge in [0.2, 0.25) is 0 Å². The van der Waals surface area contributed by atoms with Gasteiger partial charge >= 0.3 is 0 Å². The second-order valence-corrected chi connectivity index (χ2v) is 6.81. The molecule has 1 aromatic rings. The molecule has 0 aliphatic carbocycles. The molecular formula is C18H28N4O3. The molecule has 1 aromatic heterocycles. The van der Waals surface area contributed by atoms with Gasteiger partial charge in [-0.2, -0.15) is 5.10 Å². The van der Waals surface area contributed by atoms with E-state index < -0.39 is 6.10 Å². The van der Waals surface area contributed by atoms with E-state index in [0.29, 0.717) is 13.2 Å². The van der Waals surface area contributed by atoms with Crippen LogP contribution in [0.15, 0.2) is 12.1 Å². The highest BCUT2D eigenvalue weighted by molar-refractivity contribution is 5.80. The van der Waals surface area contributed by atoms with E-state index in [4.69, 9.17) is 9.47 Å². The number of aryl methyl sites for hydroxylation is 1. The Labute approximate surface area is 149 Å². The van der Waals surface area contributed by atoms with Crippen molar-refractivity contribution in [2.75, 3.05) is 44.3 Å². The lowest BCUT2D eigenvalue weighted by Crippen LogP contribution is -2.42. The van der Waals surface area contributed by atoms with Crippen LogP contribution in [-0.4, -0.2) is 72.6 Å². The third-order valence-electron chi connectivity index (χ3n) is 4.82. The minimum Gasteiger partial charge on any atom is -0.376 e. The number of nitrogens with zero attached hydrogens (tertiary/aromatic N) is 4. The summed E-state index contributed by atoms with van der Waals surface area (Å²) in [7, 11) is 0. The Hall–Kier alpha value is -1.73. The molecule has 0 aromatic carbocycles. The van der Waals surface area contributed by atoms with Crippen molar-refractivity contribution in [1.29, 1.82) is 0 Å². The van der Waals surface area contributed by atoms with E-state index in [2.05, 4.69) is 15.1 Å². The van der Waals surface area contributed by atoms with Crippen LogP contribution in [0.25, 0.3) is 0 Å². The third kappa shape index (κ3) is 4.89. The number of carbonyl (C=O) groups excluding carboxylic acids is 1. The lowest BCUT2D eigenvalue weighted by molar-refractivity contribution is -0.144. The zero-order valence-electron chi connectivity index (χ0n) is 15.2. The molecule has 0 radical (unpaired) electrons. The van der Waals surface area contributed by atoms with Gasteiger partial charge in [0, 0.05) is 32.8 Å². The minimum atomic E-state index is -0.421. The number of hydrogen-bond donors (Lipinski definition) is 0. The van der Waals surface area contributed by atoms with Gasteiger partial charge in [0.05, 0.1) is 18.4 Å². The van der Waals surface area contributed by atoms with Gasteiger partial charge in [-0.25, -0.2) is 0 Å². The first-order chi connectivity index (χ1) is 12.1. The molecule has 1 amide bonds. The molecule has 3 rings (SSSR count). The first-order valence-electron chi connectivity index (χ1n) is 9.21. The van der Waals surface area contributed by atoms with Crippen LogP contribution in [-0.2, 0) is 14.3 Å². The maximum Gasteiger partial charge on any atom is 0.251 e. The smallest absolute Gasteiger partial charge is 0.251 e. The Balaban J connectivity index is 1.49. The molecule has 138 valence electrons. The largest absolute Gasteiger partial charge is 0.376 e. The molecule has 25 heavy (non-hydrogen) atoms. The molecule has 7 nitrogen and oxygen atoms in total. The second kappa shape index (κ2) is 8.58. The Morgan fingerprint density at radius 3 is 2.88 bits per heavy atom. The van der Waals surface area contributed by atoms with Crippen LogP contribution in [0.2, 0.25) is 0 Å². The minimum absolute atomic E-state index is 0.0647. The first-order valence-corrected chi connectivity index (χ1v) is 9.21. The SMILES string of the molecule is Cc1ccc(N2CCCN(C(=O)[C@H](C)OC[C@@H]3CCCO3)CC2)nn1. The topological polar surface area (TPSA) is 67.8 Å². The Kier molecular flexibility index (Phi) is 6.20. The van der Waals surface area contributed by atoms with Crippen LogP contribution >= 0.6 is 0 Å². The van der Waals surface area contributed by atoms with E-state index in [1.807, 2.05) is 30.9 Å². The molecule has 2 saturated heterocycles. The quantitative estimate of drug-likeness (QED) is 0.801. The maximum atomic E-state index is 12.7. The molecule has 2 aliphatic rings. The second-order valence-electron chi connectivity index (χ2n) is 6.81. The van der Waals surface area contributed by atoms with E-state index in [-0.39, 0.29) is 12.0 Å². The molecule has 7 heteroatoms. The summed E-state index contributed by atoms with van der Waals surface area (Å²) >= 11 is 0. The molecule has 3 heterocycles. The summed E-state index contributed by atoms with van der Waals surface area (Å²) in [6.45, 7) is 8.16. The van der Waals surface area contributed by atoms with Gasteiger partial charge in [0.25, 0.3) is 5.91 Å². The standard InChI is InChI=1S/C18H28N4O3/c1-14-6-7-17(20-19-14)21-8-4-9-22(11-10-21)18(23)15(2)25-13-16-5-3-12-24-16/h6-7,15-16H,3-5,8-13H2,1-2H3/t15-,16-/m0/s1. The summed E-state index contributed by atoms with van der Waals surface area (Å²) in [4.78, 5) is 16.8. The molecule has 0 N–H and O–H groups in total. The summed E-state index contributed by atoms with van der Waals surface area (Å²) in [6.07, 6.45) is 2.75. The number of amides is 1. The molecular weight excluding hydrogens is 320 g/mol. The van der Waals surface area contributed by atoms with Crippen LogP contribution in [0.5, 0.6) is 0 Å². The molecule has 2 fully saturated rings. The molecule has 0 unspecified atom stereocenters. The summed E-state index contributed by atoms with van der Waals surface area (Å²) in [5.74, 6) is 0.942. The van der Waals surface area contributed by atoms with Crippen molar-refractivity contribution < 1.29 is 14.3 Å². The van der Waals surface area contributed by atoms with Gasteiger partial charge in [-0.3, -0.25) is 4.79 Å². The fraction of sp³-hybridized carbons (Fsp3) is 0.722.